The molecule has 0 radical (unpaired) electrons. The van der Waals surface area contributed by atoms with Gasteiger partial charge in [-0.3, -0.25) is 0 Å². The Morgan fingerprint density at radius 1 is 0.821 bits per heavy atom. The molecule has 0 aromatic carbocycles. The molecule has 5 aliphatic rings. The SMILES string of the molecule is CCCCCCCC[C@H]1CC[C@H]2[C@@H]3C[C@H]4O[C@]45CCCC[C@]5(C)[C@H]3CC[C@]12C. The third-order valence-electron chi connectivity index (χ3n) is 11.1. The van der Waals surface area contributed by atoms with E-state index in [1.165, 1.54) is 103 Å². The van der Waals surface area contributed by atoms with Gasteiger partial charge in [-0.15, -0.1) is 0 Å². The van der Waals surface area contributed by atoms with Gasteiger partial charge in [0.15, 0.2) is 0 Å². The fraction of sp³-hybridized carbons (Fsp3) is 1.00. The van der Waals surface area contributed by atoms with Crippen LogP contribution in [0, 0.1) is 34.5 Å². The van der Waals surface area contributed by atoms with Crippen LogP contribution in [0.4, 0.5) is 0 Å². The molecule has 4 aliphatic carbocycles. The Kier molecular flexibility index (Phi) is 5.17. The first-order chi connectivity index (χ1) is 13.6. The van der Waals surface area contributed by atoms with E-state index in [-0.39, 0.29) is 0 Å². The van der Waals surface area contributed by atoms with E-state index in [1.54, 1.807) is 0 Å². The van der Waals surface area contributed by atoms with E-state index >= 15 is 0 Å². The van der Waals surface area contributed by atoms with Crippen molar-refractivity contribution in [3.8, 4) is 0 Å². The highest BCUT2D eigenvalue weighted by atomic mass is 16.6. The summed E-state index contributed by atoms with van der Waals surface area (Å²) in [6.45, 7) is 7.71. The van der Waals surface area contributed by atoms with Crippen molar-refractivity contribution >= 4 is 0 Å². The highest BCUT2D eigenvalue weighted by molar-refractivity contribution is 5.23. The largest absolute Gasteiger partial charge is 0.365 e. The van der Waals surface area contributed by atoms with Crippen LogP contribution in [0.1, 0.15) is 124 Å². The molecular weight excluding hydrogens is 340 g/mol. The summed E-state index contributed by atoms with van der Waals surface area (Å²) in [5.74, 6) is 3.99. The van der Waals surface area contributed by atoms with E-state index in [2.05, 4.69) is 20.8 Å². The Balaban J connectivity index is 1.24. The van der Waals surface area contributed by atoms with E-state index in [0.29, 0.717) is 22.5 Å². The summed E-state index contributed by atoms with van der Waals surface area (Å²) in [6.07, 6.45) is 24.1. The summed E-state index contributed by atoms with van der Waals surface area (Å²) in [7, 11) is 0. The minimum Gasteiger partial charge on any atom is -0.365 e. The quantitative estimate of drug-likeness (QED) is 0.320. The summed E-state index contributed by atoms with van der Waals surface area (Å²) >= 11 is 0. The monoisotopic (exact) mass is 386 g/mol. The molecule has 1 saturated heterocycles. The average molecular weight is 387 g/mol. The molecule has 4 saturated carbocycles. The van der Waals surface area contributed by atoms with Crippen molar-refractivity contribution in [3.05, 3.63) is 0 Å². The van der Waals surface area contributed by atoms with Crippen molar-refractivity contribution in [3.63, 3.8) is 0 Å². The first-order valence-electron chi connectivity index (χ1n) is 13.2. The number of epoxide rings is 1. The highest BCUT2D eigenvalue weighted by Crippen LogP contribution is 2.74. The Morgan fingerprint density at radius 3 is 2.46 bits per heavy atom. The molecule has 0 N–H and O–H groups in total. The summed E-state index contributed by atoms with van der Waals surface area (Å²) in [6, 6.07) is 0. The van der Waals surface area contributed by atoms with Gasteiger partial charge in [0.25, 0.3) is 0 Å². The van der Waals surface area contributed by atoms with Gasteiger partial charge < -0.3 is 4.74 Å². The number of ether oxygens (including phenoxy) is 1. The van der Waals surface area contributed by atoms with Crippen LogP contribution in [0.3, 0.4) is 0 Å². The van der Waals surface area contributed by atoms with Gasteiger partial charge in [0.2, 0.25) is 0 Å². The predicted molar refractivity (Wildman–Crippen MR) is 117 cm³/mol. The first-order valence-corrected chi connectivity index (χ1v) is 13.2. The summed E-state index contributed by atoms with van der Waals surface area (Å²) in [5, 5.41) is 0. The normalized spacial score (nSPS) is 51.8. The smallest absolute Gasteiger partial charge is 0.100 e. The number of unbranched alkanes of at least 4 members (excludes halogenated alkanes) is 5. The maximum atomic E-state index is 6.58. The van der Waals surface area contributed by atoms with E-state index < -0.39 is 0 Å². The second-order valence-electron chi connectivity index (χ2n) is 12.1. The second-order valence-corrected chi connectivity index (χ2v) is 12.1. The average Bonchev–Trinajstić information content (AvgIpc) is 3.29. The van der Waals surface area contributed by atoms with Crippen LogP contribution < -0.4 is 0 Å². The Morgan fingerprint density at radius 2 is 1.61 bits per heavy atom. The lowest BCUT2D eigenvalue weighted by atomic mass is 9.44. The molecule has 0 aromatic rings. The molecule has 1 spiro atoms. The van der Waals surface area contributed by atoms with Crippen molar-refractivity contribution in [2.24, 2.45) is 34.5 Å². The lowest BCUT2D eigenvalue weighted by Crippen LogP contribution is -2.57. The van der Waals surface area contributed by atoms with E-state index in [1.807, 2.05) is 0 Å². The van der Waals surface area contributed by atoms with Gasteiger partial charge in [-0.25, -0.2) is 0 Å². The van der Waals surface area contributed by atoms with Crippen molar-refractivity contribution in [1.82, 2.24) is 0 Å². The van der Waals surface area contributed by atoms with Crippen LogP contribution in [0.15, 0.2) is 0 Å². The standard InChI is InChI=1S/C27H46O/c1-4-5-6-7-8-9-12-20-13-14-22-21-19-24-27(28-24)17-11-10-16-26(27,3)23(21)15-18-25(20,22)2/h20-24H,4-19H2,1-3H3/t20-,21-,22-,23-,24+,25+,26+,27+/m0/s1. The molecule has 1 aliphatic heterocycles. The minimum absolute atomic E-state index is 0.330. The van der Waals surface area contributed by atoms with Crippen LogP contribution >= 0.6 is 0 Å². The number of hydrogen-bond donors (Lipinski definition) is 0. The Bertz CT molecular complexity index is 571. The van der Waals surface area contributed by atoms with Crippen molar-refractivity contribution < 1.29 is 4.74 Å². The van der Waals surface area contributed by atoms with Crippen molar-refractivity contribution in [1.29, 1.82) is 0 Å². The molecule has 8 atom stereocenters. The molecule has 0 bridgehead atoms. The van der Waals surface area contributed by atoms with Crippen LogP contribution in [0.25, 0.3) is 0 Å². The maximum absolute atomic E-state index is 6.58. The molecule has 0 unspecified atom stereocenters. The van der Waals surface area contributed by atoms with E-state index in [9.17, 15) is 0 Å². The van der Waals surface area contributed by atoms with Crippen molar-refractivity contribution in [2.75, 3.05) is 0 Å². The molecule has 5 rings (SSSR count). The third-order valence-corrected chi connectivity index (χ3v) is 11.1. The lowest BCUT2D eigenvalue weighted by Gasteiger charge is -2.59. The molecule has 160 valence electrons. The predicted octanol–water partition coefficient (Wildman–Crippen LogP) is 7.92. The molecule has 28 heavy (non-hydrogen) atoms. The fourth-order valence-electron chi connectivity index (χ4n) is 9.47. The fourth-order valence-corrected chi connectivity index (χ4v) is 9.47. The van der Waals surface area contributed by atoms with Gasteiger partial charge in [0.1, 0.15) is 5.60 Å². The van der Waals surface area contributed by atoms with Gasteiger partial charge in [0, 0.05) is 5.41 Å². The third kappa shape index (κ3) is 2.80. The second kappa shape index (κ2) is 7.28. The number of fused-ring (bicyclic) bond motifs is 4. The van der Waals surface area contributed by atoms with Crippen LogP contribution in [-0.4, -0.2) is 11.7 Å². The van der Waals surface area contributed by atoms with Gasteiger partial charge in [-0.2, -0.15) is 0 Å². The molecule has 1 nitrogen and oxygen atoms in total. The van der Waals surface area contributed by atoms with E-state index in [0.717, 1.165) is 23.7 Å². The van der Waals surface area contributed by atoms with Gasteiger partial charge >= 0.3 is 0 Å². The topological polar surface area (TPSA) is 12.5 Å². The Labute approximate surface area is 174 Å². The van der Waals surface area contributed by atoms with Crippen molar-refractivity contribution in [2.45, 2.75) is 135 Å². The molecule has 0 aromatic heterocycles. The lowest BCUT2D eigenvalue weighted by molar-refractivity contribution is -0.0966. The zero-order chi connectivity index (χ0) is 19.4. The van der Waals surface area contributed by atoms with Crippen LogP contribution in [-0.2, 0) is 4.74 Å². The summed E-state index contributed by atoms with van der Waals surface area (Å²) in [4.78, 5) is 0. The zero-order valence-electron chi connectivity index (χ0n) is 19.1. The van der Waals surface area contributed by atoms with Crippen LogP contribution in [0.5, 0.6) is 0 Å². The highest BCUT2D eigenvalue weighted by Gasteiger charge is 2.74. The maximum Gasteiger partial charge on any atom is 0.100 e. The van der Waals surface area contributed by atoms with Gasteiger partial charge in [0.05, 0.1) is 6.10 Å². The number of hydrogen-bond acceptors (Lipinski definition) is 1. The summed E-state index contributed by atoms with van der Waals surface area (Å²) in [5.41, 5.74) is 1.50. The van der Waals surface area contributed by atoms with Gasteiger partial charge in [-0.05, 0) is 80.5 Å². The van der Waals surface area contributed by atoms with Gasteiger partial charge in [-0.1, -0.05) is 72.1 Å². The molecule has 1 heterocycles. The first kappa shape index (κ1) is 19.9. The molecular formula is C27H46O. The Hall–Kier alpha value is -0.0400. The minimum atomic E-state index is 0.330. The van der Waals surface area contributed by atoms with E-state index in [4.69, 9.17) is 4.74 Å². The summed E-state index contributed by atoms with van der Waals surface area (Å²) < 4.78 is 6.58. The number of rotatable bonds is 7. The van der Waals surface area contributed by atoms with Crippen LogP contribution in [0.2, 0.25) is 0 Å². The zero-order valence-corrected chi connectivity index (χ0v) is 19.1. The molecule has 1 heteroatoms. The molecule has 0 amide bonds. The molecule has 5 fully saturated rings.